The van der Waals surface area contributed by atoms with E-state index in [1.807, 2.05) is 0 Å². The first-order valence-electron chi connectivity index (χ1n) is 6.45. The molecule has 0 aliphatic carbocycles. The first kappa shape index (κ1) is 14.9. The highest BCUT2D eigenvalue weighted by molar-refractivity contribution is 7.17. The third kappa shape index (κ3) is 2.83. The largest absolute Gasteiger partial charge is 0.464 e. The highest BCUT2D eigenvalue weighted by Crippen LogP contribution is 2.30. The minimum absolute atomic E-state index is 0.133. The summed E-state index contributed by atoms with van der Waals surface area (Å²) in [4.78, 5) is 32.3. The number of esters is 1. The summed E-state index contributed by atoms with van der Waals surface area (Å²) in [5.41, 5.74) is 0.133. The van der Waals surface area contributed by atoms with Crippen molar-refractivity contribution in [1.82, 2.24) is 9.88 Å². The van der Waals surface area contributed by atoms with E-state index in [-0.39, 0.29) is 11.5 Å². The summed E-state index contributed by atoms with van der Waals surface area (Å²) in [7, 11) is 5.40. The van der Waals surface area contributed by atoms with Crippen LogP contribution in [0.2, 0.25) is 0 Å². The molecule has 1 aromatic rings. The SMILES string of the molecule is COC(=O)c1nc(N2CCC(N(C)C)C2)sc1C(C)=O. The molecule has 110 valence electrons. The summed E-state index contributed by atoms with van der Waals surface area (Å²) in [6.07, 6.45) is 1.05. The molecule has 0 bridgehead atoms. The second-order valence-corrected chi connectivity index (χ2v) is 6.05. The fraction of sp³-hybridized carbons (Fsp3) is 0.615. The van der Waals surface area contributed by atoms with Gasteiger partial charge < -0.3 is 14.5 Å². The van der Waals surface area contributed by atoms with Gasteiger partial charge in [0.2, 0.25) is 0 Å². The normalized spacial score (nSPS) is 18.6. The Morgan fingerprint density at radius 3 is 2.65 bits per heavy atom. The zero-order chi connectivity index (χ0) is 14.9. The number of Topliss-reactive ketones (excluding diaryl/α,β-unsaturated/α-hetero) is 1. The van der Waals surface area contributed by atoms with E-state index in [1.165, 1.54) is 25.4 Å². The number of hydrogen-bond acceptors (Lipinski definition) is 7. The minimum Gasteiger partial charge on any atom is -0.464 e. The van der Waals surface area contributed by atoms with Gasteiger partial charge in [0.05, 0.1) is 7.11 Å². The van der Waals surface area contributed by atoms with Gasteiger partial charge in [0.15, 0.2) is 16.6 Å². The average Bonchev–Trinajstić information content (AvgIpc) is 3.03. The molecule has 1 aliphatic rings. The smallest absolute Gasteiger partial charge is 0.358 e. The molecule has 1 saturated heterocycles. The number of nitrogens with zero attached hydrogens (tertiary/aromatic N) is 3. The van der Waals surface area contributed by atoms with Gasteiger partial charge in [-0.3, -0.25) is 4.79 Å². The Kier molecular flexibility index (Phi) is 4.39. The number of thiazole rings is 1. The highest BCUT2D eigenvalue weighted by atomic mass is 32.1. The number of anilines is 1. The number of likely N-dealkylation sites (N-methyl/N-ethyl adjacent to an activating group) is 1. The van der Waals surface area contributed by atoms with Crippen LogP contribution in [0.25, 0.3) is 0 Å². The molecule has 6 nitrogen and oxygen atoms in total. The summed E-state index contributed by atoms with van der Waals surface area (Å²) in [6.45, 7) is 3.18. The molecule has 0 aromatic carbocycles. The van der Waals surface area contributed by atoms with E-state index in [0.29, 0.717) is 10.9 Å². The van der Waals surface area contributed by atoms with Crippen LogP contribution in [-0.2, 0) is 4.74 Å². The van der Waals surface area contributed by atoms with Gasteiger partial charge in [-0.1, -0.05) is 11.3 Å². The molecule has 2 heterocycles. The number of carbonyl (C=O) groups is 2. The lowest BCUT2D eigenvalue weighted by molar-refractivity contribution is 0.0591. The first-order chi connectivity index (χ1) is 9.43. The number of rotatable bonds is 4. The van der Waals surface area contributed by atoms with Crippen molar-refractivity contribution in [2.24, 2.45) is 0 Å². The van der Waals surface area contributed by atoms with E-state index in [9.17, 15) is 9.59 Å². The molecule has 7 heteroatoms. The molecule has 1 aliphatic heterocycles. The zero-order valence-corrected chi connectivity index (χ0v) is 13.0. The van der Waals surface area contributed by atoms with Crippen LogP contribution in [-0.4, -0.2) is 62.0 Å². The number of carbonyl (C=O) groups excluding carboxylic acids is 2. The van der Waals surface area contributed by atoms with E-state index < -0.39 is 5.97 Å². The molecular weight excluding hydrogens is 278 g/mol. The van der Waals surface area contributed by atoms with Crippen LogP contribution in [0.15, 0.2) is 0 Å². The van der Waals surface area contributed by atoms with Gasteiger partial charge in [0, 0.05) is 26.1 Å². The lowest BCUT2D eigenvalue weighted by Gasteiger charge is -2.19. The molecule has 0 radical (unpaired) electrons. The van der Waals surface area contributed by atoms with Crippen LogP contribution in [0.5, 0.6) is 0 Å². The molecule has 20 heavy (non-hydrogen) atoms. The molecule has 2 rings (SSSR count). The fourth-order valence-corrected chi connectivity index (χ4v) is 3.24. The van der Waals surface area contributed by atoms with E-state index in [2.05, 4.69) is 33.6 Å². The van der Waals surface area contributed by atoms with Crippen molar-refractivity contribution in [1.29, 1.82) is 0 Å². The monoisotopic (exact) mass is 297 g/mol. The van der Waals surface area contributed by atoms with Crippen LogP contribution in [0.1, 0.15) is 33.5 Å². The van der Waals surface area contributed by atoms with Crippen LogP contribution in [0.3, 0.4) is 0 Å². The maximum absolute atomic E-state index is 11.7. The maximum atomic E-state index is 11.7. The van der Waals surface area contributed by atoms with E-state index in [1.54, 1.807) is 0 Å². The fourth-order valence-electron chi connectivity index (χ4n) is 2.25. The van der Waals surface area contributed by atoms with Crippen molar-refractivity contribution in [3.8, 4) is 0 Å². The summed E-state index contributed by atoms with van der Waals surface area (Å²) >= 11 is 1.27. The van der Waals surface area contributed by atoms with Crippen LogP contribution < -0.4 is 4.90 Å². The van der Waals surface area contributed by atoms with Crippen molar-refractivity contribution in [2.75, 3.05) is 39.2 Å². The molecule has 1 atom stereocenters. The third-order valence-electron chi connectivity index (χ3n) is 3.48. The lowest BCUT2D eigenvalue weighted by Crippen LogP contribution is -2.31. The van der Waals surface area contributed by atoms with Gasteiger partial charge in [0.25, 0.3) is 0 Å². The maximum Gasteiger partial charge on any atom is 0.358 e. The Hall–Kier alpha value is -1.47. The molecule has 0 amide bonds. The topological polar surface area (TPSA) is 62.7 Å². The van der Waals surface area contributed by atoms with Crippen molar-refractivity contribution < 1.29 is 14.3 Å². The molecule has 1 fully saturated rings. The predicted octanol–water partition coefficient (Wildman–Crippen LogP) is 1.27. The van der Waals surface area contributed by atoms with Crippen LogP contribution in [0, 0.1) is 0 Å². The second-order valence-electron chi connectivity index (χ2n) is 5.07. The Labute approximate surface area is 122 Å². The quantitative estimate of drug-likeness (QED) is 0.616. The Morgan fingerprint density at radius 2 is 2.15 bits per heavy atom. The van der Waals surface area contributed by atoms with Gasteiger partial charge in [0.1, 0.15) is 4.88 Å². The number of ether oxygens (including phenoxy) is 1. The van der Waals surface area contributed by atoms with E-state index in [4.69, 9.17) is 0 Å². The predicted molar refractivity (Wildman–Crippen MR) is 77.8 cm³/mol. The molecule has 0 N–H and O–H groups in total. The summed E-state index contributed by atoms with van der Waals surface area (Å²) < 4.78 is 4.69. The number of hydrogen-bond donors (Lipinski definition) is 0. The highest BCUT2D eigenvalue weighted by Gasteiger charge is 2.29. The Morgan fingerprint density at radius 1 is 1.45 bits per heavy atom. The van der Waals surface area contributed by atoms with Gasteiger partial charge in [-0.25, -0.2) is 9.78 Å². The average molecular weight is 297 g/mol. The van der Waals surface area contributed by atoms with E-state index >= 15 is 0 Å². The number of ketones is 1. The van der Waals surface area contributed by atoms with Gasteiger partial charge >= 0.3 is 5.97 Å². The van der Waals surface area contributed by atoms with Gasteiger partial charge in [-0.05, 0) is 20.5 Å². The zero-order valence-electron chi connectivity index (χ0n) is 12.2. The van der Waals surface area contributed by atoms with Crippen molar-refractivity contribution >= 4 is 28.2 Å². The molecular formula is C13H19N3O3S. The van der Waals surface area contributed by atoms with Gasteiger partial charge in [-0.2, -0.15) is 0 Å². The van der Waals surface area contributed by atoms with Crippen LogP contribution in [0.4, 0.5) is 5.13 Å². The standard InChI is InChI=1S/C13H19N3O3S/c1-8(17)11-10(12(18)19-4)14-13(20-11)16-6-5-9(7-16)15(2)3/h9H,5-7H2,1-4H3. The van der Waals surface area contributed by atoms with E-state index in [0.717, 1.165) is 24.6 Å². The molecule has 1 aromatic heterocycles. The van der Waals surface area contributed by atoms with Crippen molar-refractivity contribution in [3.63, 3.8) is 0 Å². The third-order valence-corrected chi connectivity index (χ3v) is 4.70. The minimum atomic E-state index is -0.555. The second kappa shape index (κ2) is 5.88. The van der Waals surface area contributed by atoms with Gasteiger partial charge in [-0.15, -0.1) is 0 Å². The number of aromatic nitrogens is 1. The molecule has 1 unspecified atom stereocenters. The Balaban J connectivity index is 2.26. The first-order valence-corrected chi connectivity index (χ1v) is 7.27. The molecule has 0 spiro atoms. The van der Waals surface area contributed by atoms with Crippen molar-refractivity contribution in [3.05, 3.63) is 10.6 Å². The number of methoxy groups -OCH3 is 1. The lowest BCUT2D eigenvalue weighted by atomic mass is 10.2. The van der Waals surface area contributed by atoms with Crippen LogP contribution >= 0.6 is 11.3 Å². The van der Waals surface area contributed by atoms with Crippen molar-refractivity contribution in [2.45, 2.75) is 19.4 Å². The summed E-state index contributed by atoms with van der Waals surface area (Å²) in [5, 5.41) is 0.722. The summed E-state index contributed by atoms with van der Waals surface area (Å²) in [6, 6.07) is 0.473. The summed E-state index contributed by atoms with van der Waals surface area (Å²) in [5.74, 6) is -0.710. The Bertz CT molecular complexity index is 527. The molecule has 0 saturated carbocycles.